The zero-order valence-corrected chi connectivity index (χ0v) is 16.9. The second-order valence-electron chi connectivity index (χ2n) is 7.88. The van der Waals surface area contributed by atoms with E-state index in [-0.39, 0.29) is 6.04 Å². The van der Waals surface area contributed by atoms with Crippen molar-refractivity contribution in [2.45, 2.75) is 38.8 Å². The minimum atomic E-state index is -0.584. The van der Waals surface area contributed by atoms with Crippen molar-refractivity contribution in [3.8, 4) is 11.1 Å². The van der Waals surface area contributed by atoms with Gasteiger partial charge in [0.2, 0.25) is 0 Å². The molecule has 1 amide bonds. The maximum atomic E-state index is 12.4. The highest BCUT2D eigenvalue weighted by molar-refractivity contribution is 5.69. The first-order valence-electron chi connectivity index (χ1n) is 9.52. The van der Waals surface area contributed by atoms with Crippen LogP contribution in [0, 0.1) is 0 Å². The minimum Gasteiger partial charge on any atom is -0.444 e. The van der Waals surface area contributed by atoms with E-state index in [0.717, 1.165) is 16.7 Å². The number of nitrogens with one attached hydrogen (secondary N) is 1. The van der Waals surface area contributed by atoms with Crippen LogP contribution in [-0.4, -0.2) is 21.9 Å². The van der Waals surface area contributed by atoms with Crippen LogP contribution in [0.3, 0.4) is 0 Å². The number of benzene rings is 2. The van der Waals surface area contributed by atoms with Crippen LogP contribution in [0.5, 0.6) is 0 Å². The van der Waals surface area contributed by atoms with E-state index in [1.165, 1.54) is 0 Å². The normalized spacial score (nSPS) is 12.2. The molecule has 3 rings (SSSR count). The summed E-state index contributed by atoms with van der Waals surface area (Å²) in [4.78, 5) is 12.4. The summed E-state index contributed by atoms with van der Waals surface area (Å²) in [5.41, 5.74) is 9.52. The zero-order chi connectivity index (χ0) is 20.9. The number of hydrogen-bond donors (Lipinski definition) is 2. The lowest BCUT2D eigenvalue weighted by Crippen LogP contribution is -2.36. The van der Waals surface area contributed by atoms with Gasteiger partial charge in [-0.3, -0.25) is 0 Å². The molecule has 3 N–H and O–H groups in total. The summed E-state index contributed by atoms with van der Waals surface area (Å²) in [6, 6.07) is 19.0. The molecule has 0 spiro atoms. The zero-order valence-electron chi connectivity index (χ0n) is 16.9. The van der Waals surface area contributed by atoms with Crippen molar-refractivity contribution in [1.29, 1.82) is 0 Å². The van der Waals surface area contributed by atoms with Crippen LogP contribution in [-0.2, 0) is 11.2 Å². The molecule has 0 unspecified atom stereocenters. The minimum absolute atomic E-state index is 0.381. The van der Waals surface area contributed by atoms with Crippen LogP contribution < -0.4 is 11.1 Å². The standard InChI is InChI=1S/C23H26N4O2/c1-23(2,3)29-22(28)26-20(13-16-7-5-4-6-8-16)21-14-18(15-25-27-21)17-9-11-19(24)12-10-17/h4-12,14-15,20H,13,24H2,1-3H3,(H,26,28)/t20-/m0/s1. The summed E-state index contributed by atoms with van der Waals surface area (Å²) in [7, 11) is 0. The van der Waals surface area contributed by atoms with Crippen molar-refractivity contribution in [3.63, 3.8) is 0 Å². The molecule has 1 atom stereocenters. The number of amides is 1. The fourth-order valence-corrected chi connectivity index (χ4v) is 2.92. The Morgan fingerprint density at radius 1 is 1.07 bits per heavy atom. The molecular formula is C23H26N4O2. The monoisotopic (exact) mass is 390 g/mol. The van der Waals surface area contributed by atoms with Crippen LogP contribution in [0.25, 0.3) is 11.1 Å². The molecule has 3 aromatic rings. The average molecular weight is 390 g/mol. The van der Waals surface area contributed by atoms with Gasteiger partial charge in [0, 0.05) is 11.3 Å². The summed E-state index contributed by atoms with van der Waals surface area (Å²) in [5.74, 6) is 0. The third-order valence-electron chi connectivity index (χ3n) is 4.25. The molecule has 29 heavy (non-hydrogen) atoms. The Morgan fingerprint density at radius 2 is 1.76 bits per heavy atom. The second kappa shape index (κ2) is 8.73. The van der Waals surface area contributed by atoms with Crippen molar-refractivity contribution in [2.75, 3.05) is 5.73 Å². The number of nitrogen functional groups attached to an aromatic ring is 1. The Hall–Kier alpha value is -3.41. The van der Waals surface area contributed by atoms with Gasteiger partial charge in [0.1, 0.15) is 5.60 Å². The molecule has 0 aliphatic heterocycles. The van der Waals surface area contributed by atoms with Gasteiger partial charge in [-0.25, -0.2) is 4.79 Å². The fourth-order valence-electron chi connectivity index (χ4n) is 2.92. The SMILES string of the molecule is CC(C)(C)OC(=O)N[C@@H](Cc1ccccc1)c1cc(-c2ccc(N)cc2)cnn1. The number of carbonyl (C=O) groups excluding carboxylic acids is 1. The molecule has 6 heteroatoms. The number of alkyl carbamates (subject to hydrolysis) is 1. The van der Waals surface area contributed by atoms with E-state index in [9.17, 15) is 4.79 Å². The van der Waals surface area contributed by atoms with E-state index in [1.807, 2.05) is 81.4 Å². The first kappa shape index (κ1) is 20.3. The van der Waals surface area contributed by atoms with Gasteiger partial charge in [0.05, 0.1) is 17.9 Å². The Labute approximate surface area is 171 Å². The molecule has 6 nitrogen and oxygen atoms in total. The van der Waals surface area contributed by atoms with Crippen molar-refractivity contribution < 1.29 is 9.53 Å². The lowest BCUT2D eigenvalue weighted by atomic mass is 10.0. The molecule has 0 fully saturated rings. The number of rotatable bonds is 5. The predicted molar refractivity (Wildman–Crippen MR) is 114 cm³/mol. The second-order valence-corrected chi connectivity index (χ2v) is 7.88. The molecular weight excluding hydrogens is 364 g/mol. The predicted octanol–water partition coefficient (Wildman–Crippen LogP) is 4.53. The smallest absolute Gasteiger partial charge is 0.408 e. The first-order valence-corrected chi connectivity index (χ1v) is 9.52. The van der Waals surface area contributed by atoms with E-state index in [2.05, 4.69) is 15.5 Å². The Kier molecular flexibility index (Phi) is 6.12. The largest absolute Gasteiger partial charge is 0.444 e. The van der Waals surface area contributed by atoms with E-state index in [1.54, 1.807) is 6.20 Å². The average Bonchev–Trinajstić information content (AvgIpc) is 2.67. The van der Waals surface area contributed by atoms with E-state index in [4.69, 9.17) is 10.5 Å². The number of aromatic nitrogens is 2. The molecule has 0 radical (unpaired) electrons. The highest BCUT2D eigenvalue weighted by atomic mass is 16.6. The third-order valence-corrected chi connectivity index (χ3v) is 4.25. The van der Waals surface area contributed by atoms with Gasteiger partial charge in [-0.05, 0) is 56.5 Å². The highest BCUT2D eigenvalue weighted by Gasteiger charge is 2.22. The quantitative estimate of drug-likeness (QED) is 0.625. The van der Waals surface area contributed by atoms with Crippen molar-refractivity contribution in [2.24, 2.45) is 0 Å². The fraction of sp³-hybridized carbons (Fsp3) is 0.261. The maximum Gasteiger partial charge on any atom is 0.408 e. The number of nitrogens with two attached hydrogens (primary N) is 1. The number of ether oxygens (including phenoxy) is 1. The van der Waals surface area contributed by atoms with Crippen LogP contribution in [0.4, 0.5) is 10.5 Å². The summed E-state index contributed by atoms with van der Waals surface area (Å²) in [5, 5.41) is 11.4. The number of hydrogen-bond acceptors (Lipinski definition) is 5. The molecule has 0 saturated carbocycles. The van der Waals surface area contributed by atoms with Crippen LogP contribution in [0.2, 0.25) is 0 Å². The maximum absolute atomic E-state index is 12.4. The Balaban J connectivity index is 1.89. The topological polar surface area (TPSA) is 90.1 Å². The van der Waals surface area contributed by atoms with Gasteiger partial charge in [0.25, 0.3) is 0 Å². The molecule has 0 bridgehead atoms. The van der Waals surface area contributed by atoms with Crippen molar-refractivity contribution in [3.05, 3.63) is 78.1 Å². The molecule has 1 aromatic heterocycles. The molecule has 0 aliphatic rings. The molecule has 1 heterocycles. The number of anilines is 1. The molecule has 0 aliphatic carbocycles. The van der Waals surface area contributed by atoms with Gasteiger partial charge in [0.15, 0.2) is 0 Å². The van der Waals surface area contributed by atoms with Gasteiger partial charge in [-0.2, -0.15) is 10.2 Å². The molecule has 150 valence electrons. The van der Waals surface area contributed by atoms with Crippen LogP contribution in [0.15, 0.2) is 66.9 Å². The summed E-state index contributed by atoms with van der Waals surface area (Å²) in [6.07, 6.45) is 1.78. The highest BCUT2D eigenvalue weighted by Crippen LogP contribution is 2.24. The summed E-state index contributed by atoms with van der Waals surface area (Å²) < 4.78 is 5.44. The van der Waals surface area contributed by atoms with Crippen LogP contribution >= 0.6 is 0 Å². The third kappa shape index (κ3) is 6.04. The summed E-state index contributed by atoms with van der Waals surface area (Å²) in [6.45, 7) is 5.50. The first-order chi connectivity index (χ1) is 13.8. The van der Waals surface area contributed by atoms with Crippen molar-refractivity contribution in [1.82, 2.24) is 15.5 Å². The molecule has 0 saturated heterocycles. The summed E-state index contributed by atoms with van der Waals surface area (Å²) >= 11 is 0. The van der Waals surface area contributed by atoms with Gasteiger partial charge < -0.3 is 15.8 Å². The van der Waals surface area contributed by atoms with Gasteiger partial charge >= 0.3 is 6.09 Å². The van der Waals surface area contributed by atoms with Crippen LogP contribution in [0.1, 0.15) is 38.1 Å². The van der Waals surface area contributed by atoms with Gasteiger partial charge in [-0.15, -0.1) is 0 Å². The van der Waals surface area contributed by atoms with Gasteiger partial charge in [-0.1, -0.05) is 42.5 Å². The Bertz CT molecular complexity index is 951. The number of carbonyl (C=O) groups is 1. The molecule has 2 aromatic carbocycles. The lowest BCUT2D eigenvalue weighted by Gasteiger charge is -2.23. The van der Waals surface area contributed by atoms with E-state index < -0.39 is 11.7 Å². The number of nitrogens with zero attached hydrogens (tertiary/aromatic N) is 2. The van der Waals surface area contributed by atoms with Crippen molar-refractivity contribution >= 4 is 11.8 Å². The lowest BCUT2D eigenvalue weighted by molar-refractivity contribution is 0.0502. The van der Waals surface area contributed by atoms with E-state index >= 15 is 0 Å². The Morgan fingerprint density at radius 3 is 2.41 bits per heavy atom. The van der Waals surface area contributed by atoms with E-state index in [0.29, 0.717) is 17.8 Å².